The van der Waals surface area contributed by atoms with Gasteiger partial charge in [-0.2, -0.15) is 0 Å². The van der Waals surface area contributed by atoms with Gasteiger partial charge in [-0.1, -0.05) is 29.8 Å². The summed E-state index contributed by atoms with van der Waals surface area (Å²) in [5.41, 5.74) is 1.18. The first-order valence-electron chi connectivity index (χ1n) is 7.88. The van der Waals surface area contributed by atoms with E-state index in [1.807, 2.05) is 25.2 Å². The molecule has 0 aromatic heterocycles. The Balaban J connectivity index is 1.68. The highest BCUT2D eigenvalue weighted by Crippen LogP contribution is 2.28. The summed E-state index contributed by atoms with van der Waals surface area (Å²) in [6.45, 7) is 3.81. The van der Waals surface area contributed by atoms with Crippen LogP contribution in [0, 0.1) is 5.92 Å². The summed E-state index contributed by atoms with van der Waals surface area (Å²) in [6, 6.07) is 8.37. The molecule has 0 spiro atoms. The lowest BCUT2D eigenvalue weighted by atomic mass is 10.0. The Morgan fingerprint density at radius 1 is 1.33 bits per heavy atom. The summed E-state index contributed by atoms with van der Waals surface area (Å²) in [5, 5.41) is 4.20. The van der Waals surface area contributed by atoms with E-state index >= 15 is 0 Å². The highest BCUT2D eigenvalue weighted by atomic mass is 35.5. The number of hydrogen-bond acceptors (Lipinski definition) is 3. The fourth-order valence-corrected chi connectivity index (χ4v) is 2.70. The van der Waals surface area contributed by atoms with Crippen LogP contribution in [0.25, 0.3) is 0 Å². The molecule has 1 fully saturated rings. The molecule has 1 aliphatic carbocycles. The van der Waals surface area contributed by atoms with E-state index in [1.165, 1.54) is 18.4 Å². The molecule has 0 amide bonds. The van der Waals surface area contributed by atoms with Crippen LogP contribution in [0.1, 0.15) is 30.9 Å². The normalized spacial score (nSPS) is 16.4. The van der Waals surface area contributed by atoms with Gasteiger partial charge in [0.15, 0.2) is 0 Å². The second kappa shape index (κ2) is 8.74. The van der Waals surface area contributed by atoms with Crippen molar-refractivity contribution >= 4 is 11.6 Å². The molecule has 0 bridgehead atoms. The van der Waals surface area contributed by atoms with Crippen LogP contribution in [0.15, 0.2) is 24.3 Å². The summed E-state index contributed by atoms with van der Waals surface area (Å²) in [4.78, 5) is 2.33. The monoisotopic (exact) mass is 310 g/mol. The van der Waals surface area contributed by atoms with E-state index in [9.17, 15) is 0 Å². The van der Waals surface area contributed by atoms with Gasteiger partial charge in [-0.05, 0) is 57.5 Å². The number of nitrogens with one attached hydrogen (secondary N) is 1. The molecule has 1 atom stereocenters. The zero-order valence-corrected chi connectivity index (χ0v) is 13.9. The van der Waals surface area contributed by atoms with Crippen molar-refractivity contribution < 1.29 is 4.74 Å². The molecule has 118 valence electrons. The van der Waals surface area contributed by atoms with Crippen LogP contribution in [-0.4, -0.2) is 45.3 Å². The van der Waals surface area contributed by atoms with Gasteiger partial charge in [0, 0.05) is 24.2 Å². The van der Waals surface area contributed by atoms with E-state index in [2.05, 4.69) is 23.3 Å². The van der Waals surface area contributed by atoms with Gasteiger partial charge in [0.1, 0.15) is 0 Å². The molecule has 3 nitrogen and oxygen atoms in total. The van der Waals surface area contributed by atoms with Gasteiger partial charge in [0.2, 0.25) is 0 Å². The maximum absolute atomic E-state index is 6.28. The van der Waals surface area contributed by atoms with Crippen molar-refractivity contribution in [2.75, 3.05) is 40.4 Å². The predicted octanol–water partition coefficient (Wildman–Crippen LogP) is 3.35. The van der Waals surface area contributed by atoms with Crippen molar-refractivity contribution in [3.8, 4) is 0 Å². The lowest BCUT2D eigenvalue weighted by Crippen LogP contribution is -2.28. The van der Waals surface area contributed by atoms with Gasteiger partial charge < -0.3 is 15.0 Å². The van der Waals surface area contributed by atoms with Gasteiger partial charge >= 0.3 is 0 Å². The van der Waals surface area contributed by atoms with Gasteiger partial charge in [-0.15, -0.1) is 0 Å². The number of nitrogens with zero attached hydrogens (tertiary/aromatic N) is 1. The molecule has 1 unspecified atom stereocenters. The summed E-state index contributed by atoms with van der Waals surface area (Å²) < 4.78 is 5.69. The van der Waals surface area contributed by atoms with Crippen molar-refractivity contribution in [3.63, 3.8) is 0 Å². The van der Waals surface area contributed by atoms with Crippen LogP contribution in [-0.2, 0) is 4.74 Å². The second-order valence-electron chi connectivity index (χ2n) is 5.97. The Kier molecular flexibility index (Phi) is 6.97. The molecule has 1 aromatic carbocycles. The highest BCUT2D eigenvalue weighted by molar-refractivity contribution is 6.31. The molecule has 1 aliphatic rings. The average molecular weight is 311 g/mol. The van der Waals surface area contributed by atoms with E-state index in [0.717, 1.165) is 43.7 Å². The second-order valence-corrected chi connectivity index (χ2v) is 6.38. The van der Waals surface area contributed by atoms with Crippen molar-refractivity contribution in [2.45, 2.75) is 25.3 Å². The van der Waals surface area contributed by atoms with Gasteiger partial charge in [-0.3, -0.25) is 0 Å². The fraction of sp³-hybridized carbons (Fsp3) is 0.647. The van der Waals surface area contributed by atoms with Crippen LogP contribution in [0.2, 0.25) is 5.02 Å². The molecule has 0 heterocycles. The van der Waals surface area contributed by atoms with Gasteiger partial charge in [-0.25, -0.2) is 0 Å². The van der Waals surface area contributed by atoms with Crippen LogP contribution in [0.4, 0.5) is 0 Å². The van der Waals surface area contributed by atoms with Crippen molar-refractivity contribution in [3.05, 3.63) is 34.9 Å². The minimum atomic E-state index is 0.300. The summed E-state index contributed by atoms with van der Waals surface area (Å²) >= 11 is 6.28. The molecule has 0 radical (unpaired) electrons. The Bertz CT molecular complexity index is 423. The zero-order valence-electron chi connectivity index (χ0n) is 13.1. The Labute approximate surface area is 133 Å². The van der Waals surface area contributed by atoms with Crippen LogP contribution >= 0.6 is 11.6 Å². The maximum Gasteiger partial charge on any atom is 0.0593 e. The predicted molar refractivity (Wildman–Crippen MR) is 88.9 cm³/mol. The molecule has 0 saturated heterocycles. The number of hydrogen-bond donors (Lipinski definition) is 1. The number of benzene rings is 1. The molecular weight excluding hydrogens is 284 g/mol. The first-order chi connectivity index (χ1) is 10.2. The lowest BCUT2D eigenvalue weighted by molar-refractivity contribution is 0.102. The highest BCUT2D eigenvalue weighted by Gasteiger charge is 2.21. The van der Waals surface area contributed by atoms with Crippen LogP contribution in [0.3, 0.4) is 0 Å². The zero-order chi connectivity index (χ0) is 15.1. The smallest absolute Gasteiger partial charge is 0.0593 e. The molecule has 2 rings (SSSR count). The summed E-state index contributed by atoms with van der Waals surface area (Å²) in [5.74, 6) is 0.851. The standard InChI is InChI=1S/C17H27ClN2O/c1-19-17(15-5-3-4-6-16(15)18)9-10-20(2)11-12-21-13-14-7-8-14/h3-6,14,17,19H,7-13H2,1-2H3. The van der Waals surface area contributed by atoms with Crippen LogP contribution in [0.5, 0.6) is 0 Å². The Morgan fingerprint density at radius 3 is 2.76 bits per heavy atom. The first-order valence-corrected chi connectivity index (χ1v) is 8.26. The third-order valence-corrected chi connectivity index (χ3v) is 4.44. The number of rotatable bonds is 10. The number of halogens is 1. The lowest BCUT2D eigenvalue weighted by Gasteiger charge is -2.22. The van der Waals surface area contributed by atoms with Gasteiger partial charge in [0.25, 0.3) is 0 Å². The maximum atomic E-state index is 6.28. The molecule has 1 saturated carbocycles. The minimum absolute atomic E-state index is 0.300. The Morgan fingerprint density at radius 2 is 2.10 bits per heavy atom. The molecule has 1 aromatic rings. The quantitative estimate of drug-likeness (QED) is 0.671. The average Bonchev–Trinajstić information content (AvgIpc) is 3.30. The van der Waals surface area contributed by atoms with E-state index in [0.29, 0.717) is 6.04 Å². The third kappa shape index (κ3) is 5.95. The number of ether oxygens (including phenoxy) is 1. The minimum Gasteiger partial charge on any atom is -0.380 e. The van der Waals surface area contributed by atoms with Gasteiger partial charge in [0.05, 0.1) is 6.61 Å². The van der Waals surface area contributed by atoms with E-state index in [-0.39, 0.29) is 0 Å². The molecule has 21 heavy (non-hydrogen) atoms. The van der Waals surface area contributed by atoms with E-state index in [1.54, 1.807) is 0 Å². The molecule has 0 aliphatic heterocycles. The van der Waals surface area contributed by atoms with E-state index < -0.39 is 0 Å². The van der Waals surface area contributed by atoms with Crippen LogP contribution < -0.4 is 5.32 Å². The van der Waals surface area contributed by atoms with E-state index in [4.69, 9.17) is 16.3 Å². The Hall–Kier alpha value is -0.610. The molecular formula is C17H27ClN2O. The van der Waals surface area contributed by atoms with Crippen molar-refractivity contribution in [1.29, 1.82) is 0 Å². The first kappa shape index (κ1) is 16.8. The number of likely N-dealkylation sites (N-methyl/N-ethyl adjacent to an activating group) is 1. The topological polar surface area (TPSA) is 24.5 Å². The summed E-state index contributed by atoms with van der Waals surface area (Å²) in [7, 11) is 4.15. The third-order valence-electron chi connectivity index (χ3n) is 4.10. The van der Waals surface area contributed by atoms with Crippen molar-refractivity contribution in [1.82, 2.24) is 10.2 Å². The summed E-state index contributed by atoms with van der Waals surface area (Å²) in [6.07, 6.45) is 3.76. The fourth-order valence-electron chi connectivity index (χ4n) is 2.43. The SMILES string of the molecule is CNC(CCN(C)CCOCC1CC1)c1ccccc1Cl. The molecule has 4 heteroatoms. The largest absolute Gasteiger partial charge is 0.380 e. The molecule has 1 N–H and O–H groups in total. The van der Waals surface area contributed by atoms with Crippen molar-refractivity contribution in [2.24, 2.45) is 5.92 Å².